The number of hydrogen-bond donors (Lipinski definition) is 2. The lowest BCUT2D eigenvalue weighted by atomic mass is 9.50. The van der Waals surface area contributed by atoms with Gasteiger partial charge in [0.1, 0.15) is 5.69 Å². The van der Waals surface area contributed by atoms with Gasteiger partial charge in [0.2, 0.25) is 0 Å². The quantitative estimate of drug-likeness (QED) is 0.699. The van der Waals surface area contributed by atoms with Gasteiger partial charge in [-0.2, -0.15) is 0 Å². The number of fused-ring (bicyclic) bond motifs is 1. The molecule has 0 saturated heterocycles. The number of aromatic nitrogens is 3. The molecule has 2 aromatic heterocycles. The van der Waals surface area contributed by atoms with Crippen LogP contribution in [0.15, 0.2) is 47.3 Å². The van der Waals surface area contributed by atoms with Crippen LogP contribution < -0.4 is 10.9 Å². The van der Waals surface area contributed by atoms with Crippen LogP contribution in [0.5, 0.6) is 0 Å². The van der Waals surface area contributed by atoms with Crippen LogP contribution in [0.4, 0.5) is 0 Å². The molecule has 2 aliphatic rings. The predicted octanol–water partition coefficient (Wildman–Crippen LogP) is 2.62. The summed E-state index contributed by atoms with van der Waals surface area (Å²) in [7, 11) is 1.78. The van der Waals surface area contributed by atoms with Crippen molar-refractivity contribution >= 4 is 11.6 Å². The molecule has 0 unspecified atom stereocenters. The molecule has 29 heavy (non-hydrogen) atoms. The van der Waals surface area contributed by atoms with E-state index in [0.29, 0.717) is 41.0 Å². The highest BCUT2D eigenvalue weighted by Gasteiger charge is 2.52. The summed E-state index contributed by atoms with van der Waals surface area (Å²) in [6.07, 6.45) is 5.02. The molecule has 5 rings (SSSR count). The van der Waals surface area contributed by atoms with Crippen molar-refractivity contribution in [1.82, 2.24) is 19.9 Å². The zero-order valence-electron chi connectivity index (χ0n) is 16.4. The maximum absolute atomic E-state index is 12.6. The average Bonchev–Trinajstić information content (AvgIpc) is 3.11. The van der Waals surface area contributed by atoms with Crippen molar-refractivity contribution in [1.29, 1.82) is 0 Å². The normalized spacial score (nSPS) is 25.6. The molecule has 7 nitrogen and oxygen atoms in total. The van der Waals surface area contributed by atoms with Gasteiger partial charge in [-0.25, -0.2) is 9.50 Å². The third-order valence-corrected chi connectivity index (χ3v) is 6.41. The Balaban J connectivity index is 1.25. The Morgan fingerprint density at radius 3 is 2.72 bits per heavy atom. The highest BCUT2D eigenvalue weighted by Crippen LogP contribution is 2.59. The fourth-order valence-corrected chi connectivity index (χ4v) is 4.91. The number of rotatable bonds is 5. The Kier molecular flexibility index (Phi) is 4.28. The topological polar surface area (TPSA) is 88.5 Å². The molecule has 2 heterocycles. The summed E-state index contributed by atoms with van der Waals surface area (Å²) in [6.45, 7) is 0.658. The minimum Gasteiger partial charge on any atom is -0.381 e. The molecule has 7 heteroatoms. The van der Waals surface area contributed by atoms with E-state index < -0.39 is 0 Å². The zero-order valence-corrected chi connectivity index (χ0v) is 16.4. The lowest BCUT2D eigenvalue weighted by Crippen LogP contribution is -2.53. The van der Waals surface area contributed by atoms with Crippen molar-refractivity contribution in [2.45, 2.75) is 31.8 Å². The smallest absolute Gasteiger partial charge is 0.273 e. The second-order valence-corrected chi connectivity index (χ2v) is 8.46. The number of methoxy groups -OCH3 is 1. The summed E-state index contributed by atoms with van der Waals surface area (Å²) in [5.41, 5.74) is 2.45. The van der Waals surface area contributed by atoms with Gasteiger partial charge >= 0.3 is 0 Å². The summed E-state index contributed by atoms with van der Waals surface area (Å²) in [6, 6.07) is 12.6. The van der Waals surface area contributed by atoms with Gasteiger partial charge in [-0.1, -0.05) is 30.3 Å². The Hall–Kier alpha value is -2.93. The molecule has 2 N–H and O–H groups in total. The third kappa shape index (κ3) is 3.25. The van der Waals surface area contributed by atoms with E-state index in [4.69, 9.17) is 4.74 Å². The number of aromatic amines is 1. The molecule has 2 saturated carbocycles. The first-order valence-corrected chi connectivity index (χ1v) is 10.0. The van der Waals surface area contributed by atoms with Gasteiger partial charge in [-0.3, -0.25) is 14.7 Å². The minimum absolute atomic E-state index is 0.208. The molecule has 0 radical (unpaired) electrons. The Bertz CT molecular complexity index is 1100. The van der Waals surface area contributed by atoms with Gasteiger partial charge < -0.3 is 10.1 Å². The van der Waals surface area contributed by atoms with Crippen LogP contribution in [-0.2, 0) is 4.74 Å². The highest BCUT2D eigenvalue weighted by molar-refractivity contribution is 5.93. The van der Waals surface area contributed by atoms with Gasteiger partial charge in [0.15, 0.2) is 5.65 Å². The van der Waals surface area contributed by atoms with Crippen LogP contribution >= 0.6 is 0 Å². The van der Waals surface area contributed by atoms with E-state index in [0.717, 1.165) is 31.2 Å². The van der Waals surface area contributed by atoms with Crippen LogP contribution in [0, 0.1) is 11.3 Å². The molecule has 1 spiro atoms. The number of nitrogens with one attached hydrogen (secondary N) is 2. The molecule has 0 aliphatic heterocycles. The second kappa shape index (κ2) is 6.84. The summed E-state index contributed by atoms with van der Waals surface area (Å²) in [5.74, 6) is 0.312. The van der Waals surface area contributed by atoms with E-state index in [1.54, 1.807) is 13.2 Å². The van der Waals surface area contributed by atoms with Crippen LogP contribution in [0.2, 0.25) is 0 Å². The van der Waals surface area contributed by atoms with Crippen LogP contribution in [-0.4, -0.2) is 40.3 Å². The van der Waals surface area contributed by atoms with Gasteiger partial charge in [-0.15, -0.1) is 0 Å². The fraction of sp³-hybridized carbons (Fsp3) is 0.409. The summed E-state index contributed by atoms with van der Waals surface area (Å²) in [5, 5.41) is 5.86. The largest absolute Gasteiger partial charge is 0.381 e. The predicted molar refractivity (Wildman–Crippen MR) is 109 cm³/mol. The lowest BCUT2D eigenvalue weighted by Gasteiger charge is -2.57. The Labute approximate surface area is 168 Å². The van der Waals surface area contributed by atoms with Gasteiger partial charge in [0.05, 0.1) is 11.8 Å². The van der Waals surface area contributed by atoms with Gasteiger partial charge in [0.25, 0.3) is 11.5 Å². The standard InChI is InChI=1S/C22H24N4O3/c1-29-16-11-22(12-16)9-14(10-22)13-23-21(28)18-7-19-24-17(8-20(27)26(19)25-18)15-5-3-2-4-6-15/h2-8,14,16,25H,9-13H2,1H3,(H,23,28). The first-order chi connectivity index (χ1) is 14.0. The van der Waals surface area contributed by atoms with Crippen LogP contribution in [0.1, 0.15) is 36.2 Å². The minimum atomic E-state index is -0.244. The highest BCUT2D eigenvalue weighted by atomic mass is 16.5. The van der Waals surface area contributed by atoms with Crippen molar-refractivity contribution in [3.63, 3.8) is 0 Å². The second-order valence-electron chi connectivity index (χ2n) is 8.46. The summed E-state index contributed by atoms with van der Waals surface area (Å²) < 4.78 is 6.68. The van der Waals surface area contributed by atoms with Crippen molar-refractivity contribution in [2.75, 3.05) is 13.7 Å². The van der Waals surface area contributed by atoms with E-state index >= 15 is 0 Å². The number of carbonyl (C=O) groups excluding carboxylic acids is 1. The number of benzene rings is 1. The Morgan fingerprint density at radius 2 is 2.00 bits per heavy atom. The number of carbonyl (C=O) groups is 1. The number of H-pyrrole nitrogens is 1. The molecular weight excluding hydrogens is 368 g/mol. The van der Waals surface area contributed by atoms with Crippen molar-refractivity contribution in [3.8, 4) is 11.3 Å². The van der Waals surface area contributed by atoms with E-state index in [2.05, 4.69) is 15.4 Å². The van der Waals surface area contributed by atoms with Gasteiger partial charge in [-0.05, 0) is 37.0 Å². The zero-order chi connectivity index (χ0) is 20.0. The number of ether oxygens (including phenoxy) is 1. The van der Waals surface area contributed by atoms with E-state index in [1.807, 2.05) is 30.3 Å². The number of amides is 1. The van der Waals surface area contributed by atoms with Crippen molar-refractivity contribution in [3.05, 3.63) is 58.5 Å². The molecule has 150 valence electrons. The maximum Gasteiger partial charge on any atom is 0.273 e. The summed E-state index contributed by atoms with van der Waals surface area (Å²) in [4.78, 5) is 29.5. The molecule has 3 aromatic rings. The fourth-order valence-electron chi connectivity index (χ4n) is 4.91. The Morgan fingerprint density at radius 1 is 1.24 bits per heavy atom. The molecule has 1 amide bonds. The van der Waals surface area contributed by atoms with Gasteiger partial charge in [0, 0.05) is 31.4 Å². The van der Waals surface area contributed by atoms with E-state index in [9.17, 15) is 9.59 Å². The van der Waals surface area contributed by atoms with E-state index in [-0.39, 0.29) is 11.5 Å². The third-order valence-electron chi connectivity index (χ3n) is 6.41. The monoisotopic (exact) mass is 392 g/mol. The van der Waals surface area contributed by atoms with Crippen molar-refractivity contribution in [2.24, 2.45) is 11.3 Å². The first kappa shape index (κ1) is 18.1. The first-order valence-electron chi connectivity index (χ1n) is 10.0. The van der Waals surface area contributed by atoms with E-state index in [1.165, 1.54) is 10.6 Å². The molecule has 1 aromatic carbocycles. The maximum atomic E-state index is 12.6. The molecule has 0 atom stereocenters. The SMILES string of the molecule is COC1CC2(CC(CNC(=O)c3cc4nc(-c5ccccc5)cc(=O)n4[nH]3)C2)C1. The molecule has 2 fully saturated rings. The summed E-state index contributed by atoms with van der Waals surface area (Å²) >= 11 is 0. The van der Waals surface area contributed by atoms with Crippen LogP contribution in [0.3, 0.4) is 0 Å². The number of hydrogen-bond acceptors (Lipinski definition) is 4. The molecular formula is C22H24N4O3. The average molecular weight is 392 g/mol. The lowest BCUT2D eigenvalue weighted by molar-refractivity contribution is -0.124. The number of nitrogens with zero attached hydrogens (tertiary/aromatic N) is 2. The van der Waals surface area contributed by atoms with Crippen molar-refractivity contribution < 1.29 is 9.53 Å². The molecule has 2 aliphatic carbocycles. The van der Waals surface area contributed by atoms with Crippen LogP contribution in [0.25, 0.3) is 16.9 Å². The molecule has 0 bridgehead atoms.